The molecule has 2 heteroatoms. The number of hydrogen-bond donors (Lipinski definition) is 0. The molecule has 2 nitrogen and oxygen atoms in total. The third-order valence-corrected chi connectivity index (χ3v) is 15.2. The lowest BCUT2D eigenvalue weighted by molar-refractivity contribution is -0.162. The Hall–Kier alpha value is -1.31. The molecule has 4 aliphatic rings. The molecule has 280 valence electrons. The van der Waals surface area contributed by atoms with Crippen LogP contribution in [0.4, 0.5) is 0 Å². The van der Waals surface area contributed by atoms with Crippen LogP contribution in [0.15, 0.2) is 36.5 Å². The van der Waals surface area contributed by atoms with E-state index in [1.54, 1.807) is 0 Å². The molecule has 0 aromatic rings. The molecule has 0 spiro atoms. The summed E-state index contributed by atoms with van der Waals surface area (Å²) in [6.45, 7) is 17.5. The van der Waals surface area contributed by atoms with E-state index in [0.29, 0.717) is 17.3 Å². The molecule has 0 aromatic heterocycles. The minimum absolute atomic E-state index is 0.0710. The summed E-state index contributed by atoms with van der Waals surface area (Å²) in [6.07, 6.45) is 41.0. The smallest absolute Gasteiger partial charge is 0.306 e. The molecule has 0 aliphatic heterocycles. The molecule has 0 saturated heterocycles. The number of esters is 1. The highest BCUT2D eigenvalue weighted by atomic mass is 16.5. The zero-order valence-electron chi connectivity index (χ0n) is 33.5. The van der Waals surface area contributed by atoms with Gasteiger partial charge in [0, 0.05) is 6.42 Å². The number of allylic oxidation sites excluding steroid dienone is 6. The molecule has 4 fully saturated rings. The summed E-state index contributed by atoms with van der Waals surface area (Å²) >= 11 is 0. The molecule has 0 aromatic carbocycles. The Labute approximate surface area is 305 Å². The van der Waals surface area contributed by atoms with E-state index in [0.717, 1.165) is 92.3 Å². The highest BCUT2D eigenvalue weighted by molar-refractivity contribution is 5.69. The fourth-order valence-corrected chi connectivity index (χ4v) is 12.1. The lowest BCUT2D eigenvalue weighted by atomic mass is 9.44. The molecule has 4 aliphatic carbocycles. The highest BCUT2D eigenvalue weighted by Gasteiger charge is 2.60. The van der Waals surface area contributed by atoms with Gasteiger partial charge in [-0.15, -0.1) is 0 Å². The lowest BCUT2D eigenvalue weighted by Crippen LogP contribution is -2.54. The summed E-state index contributed by atoms with van der Waals surface area (Å²) in [5.74, 6) is 7.12. The second-order valence-electron chi connectivity index (χ2n) is 18.3. The first-order valence-electron chi connectivity index (χ1n) is 21.8. The molecule has 49 heavy (non-hydrogen) atoms. The van der Waals surface area contributed by atoms with Crippen LogP contribution in [-0.2, 0) is 9.53 Å². The number of rotatable bonds is 20. The first-order valence-corrected chi connectivity index (χ1v) is 21.8. The maximum atomic E-state index is 12.9. The SMILES string of the molecule is CC/C=C\C/C=C\C/C=C\CCCCCCCC(=O)O[C@H]1CC[C@@]2(C)C(CC[C@H]3[C@@H]4CC[C@H]([C@H](C)CC[C@@H](CC)C(C)C)[C@@]4(C)CC[C@@H]32)C1. The van der Waals surface area contributed by atoms with E-state index in [-0.39, 0.29) is 12.1 Å². The highest BCUT2D eigenvalue weighted by Crippen LogP contribution is 2.68. The van der Waals surface area contributed by atoms with Gasteiger partial charge in [0.1, 0.15) is 6.10 Å². The molecule has 0 bridgehead atoms. The van der Waals surface area contributed by atoms with E-state index in [9.17, 15) is 4.79 Å². The average molecular weight is 677 g/mol. The van der Waals surface area contributed by atoms with Crippen LogP contribution in [0.3, 0.4) is 0 Å². The van der Waals surface area contributed by atoms with Crippen LogP contribution in [0.1, 0.15) is 190 Å². The van der Waals surface area contributed by atoms with Crippen LogP contribution >= 0.6 is 0 Å². The van der Waals surface area contributed by atoms with Gasteiger partial charge in [0.05, 0.1) is 0 Å². The van der Waals surface area contributed by atoms with Crippen LogP contribution in [-0.4, -0.2) is 12.1 Å². The van der Waals surface area contributed by atoms with Crippen molar-refractivity contribution >= 4 is 5.97 Å². The second kappa shape index (κ2) is 20.1. The number of fused-ring (bicyclic) bond motifs is 5. The fraction of sp³-hybridized carbons (Fsp3) is 0.851. The van der Waals surface area contributed by atoms with Crippen molar-refractivity contribution in [2.45, 2.75) is 196 Å². The van der Waals surface area contributed by atoms with Crippen molar-refractivity contribution in [3.8, 4) is 0 Å². The number of carbonyl (C=O) groups excluding carboxylic acids is 1. The van der Waals surface area contributed by atoms with Crippen LogP contribution in [0, 0.1) is 58.2 Å². The van der Waals surface area contributed by atoms with Crippen molar-refractivity contribution in [1.29, 1.82) is 0 Å². The Morgan fingerprint density at radius 1 is 0.735 bits per heavy atom. The van der Waals surface area contributed by atoms with E-state index < -0.39 is 0 Å². The van der Waals surface area contributed by atoms with E-state index in [1.165, 1.54) is 89.9 Å². The van der Waals surface area contributed by atoms with E-state index >= 15 is 0 Å². The van der Waals surface area contributed by atoms with Crippen LogP contribution in [0.25, 0.3) is 0 Å². The van der Waals surface area contributed by atoms with Crippen LogP contribution < -0.4 is 0 Å². The first-order chi connectivity index (χ1) is 23.6. The molecule has 1 unspecified atom stereocenters. The van der Waals surface area contributed by atoms with Gasteiger partial charge in [-0.25, -0.2) is 0 Å². The monoisotopic (exact) mass is 677 g/mol. The van der Waals surface area contributed by atoms with Gasteiger partial charge in [0.15, 0.2) is 0 Å². The van der Waals surface area contributed by atoms with Crippen molar-refractivity contribution < 1.29 is 9.53 Å². The molecule has 0 N–H and O–H groups in total. The topological polar surface area (TPSA) is 26.3 Å². The summed E-state index contributed by atoms with van der Waals surface area (Å²) in [7, 11) is 0. The standard InChI is InChI=1S/C47H80O2/c1-8-10-11-12-13-14-15-16-17-18-19-20-21-22-23-24-45(48)49-40-31-33-46(6)39(35-40)27-28-41-43-30-29-42(47(43,7)34-32-44(41)46)37(5)25-26-38(9-2)36(3)4/h10-11,13-14,16-17,36-44H,8-9,12,15,18-35H2,1-7H3/b11-10-,14-13-,17-16-/t37-,38-,39?,40+,41+,42-,43+,44+,46+,47-/m1/s1. The van der Waals surface area contributed by atoms with Crippen molar-refractivity contribution in [2.75, 3.05) is 0 Å². The summed E-state index contributed by atoms with van der Waals surface area (Å²) in [5.41, 5.74) is 1.02. The number of carbonyl (C=O) groups is 1. The zero-order valence-corrected chi connectivity index (χ0v) is 33.5. The summed E-state index contributed by atoms with van der Waals surface area (Å²) in [5, 5.41) is 0. The van der Waals surface area contributed by atoms with E-state index in [4.69, 9.17) is 4.74 Å². The van der Waals surface area contributed by atoms with Crippen LogP contribution in [0.2, 0.25) is 0 Å². The zero-order chi connectivity index (χ0) is 35.3. The Morgan fingerprint density at radius 3 is 2.14 bits per heavy atom. The molecule has 4 saturated carbocycles. The van der Waals surface area contributed by atoms with Gasteiger partial charge in [-0.3, -0.25) is 4.79 Å². The summed E-state index contributed by atoms with van der Waals surface area (Å²) < 4.78 is 6.17. The Kier molecular flexibility index (Phi) is 16.6. The van der Waals surface area contributed by atoms with Gasteiger partial charge in [0.2, 0.25) is 0 Å². The van der Waals surface area contributed by atoms with Crippen molar-refractivity contribution in [2.24, 2.45) is 58.2 Å². The molecule has 4 rings (SSSR count). The normalized spacial score (nSPS) is 34.4. The van der Waals surface area contributed by atoms with Gasteiger partial charge in [0.25, 0.3) is 0 Å². The minimum Gasteiger partial charge on any atom is -0.462 e. The molecule has 0 radical (unpaired) electrons. The second-order valence-corrected chi connectivity index (χ2v) is 18.3. The maximum absolute atomic E-state index is 12.9. The van der Waals surface area contributed by atoms with Crippen molar-refractivity contribution in [3.05, 3.63) is 36.5 Å². The van der Waals surface area contributed by atoms with Gasteiger partial charge >= 0.3 is 5.97 Å². The number of unbranched alkanes of at least 4 members (excludes halogenated alkanes) is 5. The van der Waals surface area contributed by atoms with Crippen molar-refractivity contribution in [1.82, 2.24) is 0 Å². The number of ether oxygens (including phenoxy) is 1. The van der Waals surface area contributed by atoms with Crippen LogP contribution in [0.5, 0.6) is 0 Å². The summed E-state index contributed by atoms with van der Waals surface area (Å²) in [6, 6.07) is 0. The first kappa shape index (κ1) is 40.5. The van der Waals surface area contributed by atoms with E-state index in [1.807, 2.05) is 0 Å². The van der Waals surface area contributed by atoms with Crippen molar-refractivity contribution in [3.63, 3.8) is 0 Å². The van der Waals surface area contributed by atoms with Gasteiger partial charge < -0.3 is 4.74 Å². The molecular weight excluding hydrogens is 597 g/mol. The Balaban J connectivity index is 1.13. The third-order valence-electron chi connectivity index (χ3n) is 15.2. The average Bonchev–Trinajstić information content (AvgIpc) is 3.44. The Morgan fingerprint density at radius 2 is 1.41 bits per heavy atom. The van der Waals surface area contributed by atoms with Gasteiger partial charge in [-0.05, 0) is 161 Å². The quantitative estimate of drug-likeness (QED) is 0.0729. The third kappa shape index (κ3) is 10.9. The molecule has 0 amide bonds. The Bertz CT molecular complexity index is 1050. The predicted octanol–water partition coefficient (Wildman–Crippen LogP) is 14.2. The number of hydrogen-bond acceptors (Lipinski definition) is 2. The molecule has 10 atom stereocenters. The summed E-state index contributed by atoms with van der Waals surface area (Å²) in [4.78, 5) is 12.9. The van der Waals surface area contributed by atoms with E-state index in [2.05, 4.69) is 84.9 Å². The molecule has 0 heterocycles. The maximum Gasteiger partial charge on any atom is 0.306 e. The lowest BCUT2D eigenvalue weighted by Gasteiger charge is -2.61. The van der Waals surface area contributed by atoms with Gasteiger partial charge in [-0.1, -0.05) is 117 Å². The largest absolute Gasteiger partial charge is 0.462 e. The fourth-order valence-electron chi connectivity index (χ4n) is 12.1. The predicted molar refractivity (Wildman–Crippen MR) is 211 cm³/mol. The van der Waals surface area contributed by atoms with Gasteiger partial charge in [-0.2, -0.15) is 0 Å². The molecular formula is C47H80O2. The minimum atomic E-state index is 0.0710.